The maximum atomic E-state index is 12.9. The highest BCUT2D eigenvalue weighted by Gasteiger charge is 2.24. The number of ether oxygens (including phenoxy) is 2. The smallest absolute Gasteiger partial charge is 0.272 e. The van der Waals surface area contributed by atoms with Crippen molar-refractivity contribution < 1.29 is 19.1 Å². The number of nitrogens with one attached hydrogen (secondary N) is 1. The molecule has 0 saturated carbocycles. The molecule has 0 aliphatic carbocycles. The molecule has 0 unspecified atom stereocenters. The van der Waals surface area contributed by atoms with Gasteiger partial charge < -0.3 is 24.6 Å². The molecule has 1 saturated heterocycles. The van der Waals surface area contributed by atoms with Gasteiger partial charge in [0.1, 0.15) is 17.3 Å². The van der Waals surface area contributed by atoms with Crippen molar-refractivity contribution in [3.05, 3.63) is 35.8 Å². The summed E-state index contributed by atoms with van der Waals surface area (Å²) >= 11 is 0. The lowest BCUT2D eigenvalue weighted by Crippen LogP contribution is -2.50. The van der Waals surface area contributed by atoms with Crippen LogP contribution in [0.2, 0.25) is 0 Å². The zero-order chi connectivity index (χ0) is 21.0. The first-order valence-corrected chi connectivity index (χ1v) is 9.30. The third-order valence-corrected chi connectivity index (χ3v) is 4.73. The average molecular weight is 399 g/mol. The minimum Gasteiger partial charge on any atom is -0.493 e. The Kier molecular flexibility index (Phi) is 6.16. The molecule has 154 valence electrons. The molecular formula is C20H25N5O4. The number of methoxy groups -OCH3 is 2. The van der Waals surface area contributed by atoms with E-state index >= 15 is 0 Å². The molecule has 9 nitrogen and oxygen atoms in total. The van der Waals surface area contributed by atoms with E-state index in [1.54, 1.807) is 49.1 Å². The number of anilines is 2. The molecular weight excluding hydrogens is 374 g/mol. The van der Waals surface area contributed by atoms with Gasteiger partial charge in [0.25, 0.3) is 5.91 Å². The second-order valence-electron chi connectivity index (χ2n) is 6.68. The van der Waals surface area contributed by atoms with Crippen molar-refractivity contribution in [1.82, 2.24) is 19.8 Å². The van der Waals surface area contributed by atoms with Gasteiger partial charge in [0, 0.05) is 50.9 Å². The minimum absolute atomic E-state index is 0.0244. The fourth-order valence-electron chi connectivity index (χ4n) is 3.19. The summed E-state index contributed by atoms with van der Waals surface area (Å²) in [5.74, 6) is 2.06. The monoisotopic (exact) mass is 399 g/mol. The molecule has 1 aromatic carbocycles. The zero-order valence-corrected chi connectivity index (χ0v) is 17.1. The number of piperazine rings is 1. The van der Waals surface area contributed by atoms with Gasteiger partial charge in [-0.1, -0.05) is 0 Å². The molecule has 2 amide bonds. The molecule has 1 fully saturated rings. The Morgan fingerprint density at radius 2 is 1.62 bits per heavy atom. The summed E-state index contributed by atoms with van der Waals surface area (Å²) in [5.41, 5.74) is 1.06. The molecule has 0 radical (unpaired) electrons. The van der Waals surface area contributed by atoms with Gasteiger partial charge in [0.05, 0.1) is 14.2 Å². The molecule has 29 heavy (non-hydrogen) atoms. The van der Waals surface area contributed by atoms with Crippen LogP contribution in [0, 0.1) is 6.92 Å². The summed E-state index contributed by atoms with van der Waals surface area (Å²) in [6, 6.07) is 7.04. The van der Waals surface area contributed by atoms with E-state index in [0.717, 1.165) is 5.69 Å². The Bertz CT molecular complexity index is 910. The van der Waals surface area contributed by atoms with Crippen molar-refractivity contribution in [2.45, 2.75) is 13.8 Å². The number of rotatable bonds is 5. The zero-order valence-electron chi connectivity index (χ0n) is 17.1. The highest BCUT2D eigenvalue weighted by molar-refractivity contribution is 5.93. The number of aromatic nitrogens is 2. The molecule has 0 atom stereocenters. The number of carbonyl (C=O) groups is 2. The Balaban J connectivity index is 1.76. The van der Waals surface area contributed by atoms with Crippen molar-refractivity contribution in [2.75, 3.05) is 45.7 Å². The number of nitrogens with zero attached hydrogens (tertiary/aromatic N) is 4. The van der Waals surface area contributed by atoms with Gasteiger partial charge in [-0.15, -0.1) is 0 Å². The van der Waals surface area contributed by atoms with E-state index in [-0.39, 0.29) is 11.8 Å². The number of amides is 2. The van der Waals surface area contributed by atoms with Crippen LogP contribution in [0.4, 0.5) is 11.5 Å². The average Bonchev–Trinajstić information content (AvgIpc) is 2.72. The van der Waals surface area contributed by atoms with Crippen LogP contribution >= 0.6 is 0 Å². The molecule has 1 aliphatic rings. The van der Waals surface area contributed by atoms with E-state index in [2.05, 4.69) is 15.3 Å². The molecule has 1 aromatic heterocycles. The maximum Gasteiger partial charge on any atom is 0.272 e. The predicted molar refractivity (Wildman–Crippen MR) is 108 cm³/mol. The Labute approximate surface area is 169 Å². The van der Waals surface area contributed by atoms with Gasteiger partial charge in [-0.2, -0.15) is 0 Å². The number of carbonyl (C=O) groups excluding carboxylic acids is 2. The third-order valence-electron chi connectivity index (χ3n) is 4.73. The highest BCUT2D eigenvalue weighted by Crippen LogP contribution is 2.31. The first-order chi connectivity index (χ1) is 13.9. The van der Waals surface area contributed by atoms with Gasteiger partial charge in [-0.25, -0.2) is 9.97 Å². The number of hydrogen-bond donors (Lipinski definition) is 1. The van der Waals surface area contributed by atoms with Crippen molar-refractivity contribution in [3.8, 4) is 11.5 Å². The second-order valence-corrected chi connectivity index (χ2v) is 6.68. The van der Waals surface area contributed by atoms with Crippen LogP contribution in [0.15, 0.2) is 24.3 Å². The first kappa shape index (κ1) is 20.4. The summed E-state index contributed by atoms with van der Waals surface area (Å²) in [6.45, 7) is 5.31. The molecule has 2 aromatic rings. The van der Waals surface area contributed by atoms with E-state index in [1.807, 2.05) is 6.07 Å². The predicted octanol–water partition coefficient (Wildman–Crippen LogP) is 1.85. The van der Waals surface area contributed by atoms with E-state index in [0.29, 0.717) is 55.0 Å². The van der Waals surface area contributed by atoms with Crippen molar-refractivity contribution >= 4 is 23.3 Å². The van der Waals surface area contributed by atoms with Crippen molar-refractivity contribution in [2.24, 2.45) is 0 Å². The summed E-state index contributed by atoms with van der Waals surface area (Å²) in [4.78, 5) is 36.5. The molecule has 3 rings (SSSR count). The molecule has 0 bridgehead atoms. The van der Waals surface area contributed by atoms with Crippen LogP contribution in [-0.4, -0.2) is 72.0 Å². The Hall–Kier alpha value is -3.36. The molecule has 9 heteroatoms. The standard InChI is InChI=1S/C20H25N5O4/c1-13-21-16(20(27)25-9-7-24(8-10-25)14(2)26)12-19(22-13)23-15-5-6-17(28-3)18(11-15)29-4/h5-6,11-12H,7-10H2,1-4H3,(H,21,22,23). The normalized spacial score (nSPS) is 13.8. The first-order valence-electron chi connectivity index (χ1n) is 9.30. The minimum atomic E-state index is -0.172. The van der Waals surface area contributed by atoms with Gasteiger partial charge in [-0.05, 0) is 19.1 Å². The fourth-order valence-corrected chi connectivity index (χ4v) is 3.19. The van der Waals surface area contributed by atoms with Gasteiger partial charge in [-0.3, -0.25) is 9.59 Å². The molecule has 2 heterocycles. The lowest BCUT2D eigenvalue weighted by molar-refractivity contribution is -0.130. The summed E-state index contributed by atoms with van der Waals surface area (Å²) in [6.07, 6.45) is 0. The van der Waals surface area contributed by atoms with Gasteiger partial charge in [0.2, 0.25) is 5.91 Å². The van der Waals surface area contributed by atoms with Gasteiger partial charge in [0.15, 0.2) is 11.5 Å². The molecule has 1 aliphatic heterocycles. The van der Waals surface area contributed by atoms with Crippen molar-refractivity contribution in [3.63, 3.8) is 0 Å². The highest BCUT2D eigenvalue weighted by atomic mass is 16.5. The van der Waals surface area contributed by atoms with E-state index in [4.69, 9.17) is 9.47 Å². The van der Waals surface area contributed by atoms with E-state index < -0.39 is 0 Å². The van der Waals surface area contributed by atoms with E-state index in [1.165, 1.54) is 6.92 Å². The second kappa shape index (κ2) is 8.76. The Morgan fingerprint density at radius 1 is 0.966 bits per heavy atom. The summed E-state index contributed by atoms with van der Waals surface area (Å²) in [5, 5.41) is 3.18. The SMILES string of the molecule is COc1ccc(Nc2cc(C(=O)N3CCN(C(C)=O)CC3)nc(C)n2)cc1OC. The van der Waals surface area contributed by atoms with Crippen LogP contribution in [0.25, 0.3) is 0 Å². The van der Waals surface area contributed by atoms with Crippen LogP contribution in [0.1, 0.15) is 23.2 Å². The van der Waals surface area contributed by atoms with E-state index in [9.17, 15) is 9.59 Å². The van der Waals surface area contributed by atoms with Gasteiger partial charge >= 0.3 is 0 Å². The van der Waals surface area contributed by atoms with Crippen LogP contribution < -0.4 is 14.8 Å². The number of aryl methyl sites for hydroxylation is 1. The Morgan fingerprint density at radius 3 is 2.24 bits per heavy atom. The molecule has 1 N–H and O–H groups in total. The van der Waals surface area contributed by atoms with Crippen molar-refractivity contribution in [1.29, 1.82) is 0 Å². The summed E-state index contributed by atoms with van der Waals surface area (Å²) in [7, 11) is 3.14. The largest absolute Gasteiger partial charge is 0.493 e. The maximum absolute atomic E-state index is 12.9. The fraction of sp³-hybridized carbons (Fsp3) is 0.400. The summed E-state index contributed by atoms with van der Waals surface area (Å²) < 4.78 is 10.6. The van der Waals surface area contributed by atoms with Crippen LogP contribution in [0.3, 0.4) is 0 Å². The lowest BCUT2D eigenvalue weighted by atomic mass is 10.2. The lowest BCUT2D eigenvalue weighted by Gasteiger charge is -2.34. The quantitative estimate of drug-likeness (QED) is 0.819. The topological polar surface area (TPSA) is 96.9 Å². The third kappa shape index (κ3) is 4.74. The number of hydrogen-bond acceptors (Lipinski definition) is 7. The van der Waals surface area contributed by atoms with Crippen LogP contribution in [0.5, 0.6) is 11.5 Å². The number of benzene rings is 1. The van der Waals surface area contributed by atoms with Crippen LogP contribution in [-0.2, 0) is 4.79 Å². The molecule has 0 spiro atoms.